The molecular weight excluding hydrogens is 664 g/mol. The number of aromatic nitrogens is 3. The van der Waals surface area contributed by atoms with Gasteiger partial charge in [-0.25, -0.2) is 9.78 Å². The summed E-state index contributed by atoms with van der Waals surface area (Å²) in [6.07, 6.45) is 11.9. The lowest BCUT2D eigenvalue weighted by Gasteiger charge is -2.44. The molecule has 3 aliphatic rings. The third-order valence-electron chi connectivity index (χ3n) is 10.7. The van der Waals surface area contributed by atoms with Gasteiger partial charge in [-0.1, -0.05) is 54.4 Å². The first-order valence-electron chi connectivity index (χ1n) is 18.4. The Balaban J connectivity index is 1.22. The van der Waals surface area contributed by atoms with Crippen LogP contribution in [-0.4, -0.2) is 74.6 Å². The predicted octanol–water partition coefficient (Wildman–Crippen LogP) is 6.24. The van der Waals surface area contributed by atoms with Gasteiger partial charge < -0.3 is 19.4 Å². The Hall–Kier alpha value is -4.41. The minimum absolute atomic E-state index is 0.126. The van der Waals surface area contributed by atoms with E-state index in [0.29, 0.717) is 49.9 Å². The van der Waals surface area contributed by atoms with Crippen LogP contribution in [0, 0.1) is 12.1 Å². The van der Waals surface area contributed by atoms with E-state index in [1.165, 1.54) is 0 Å². The van der Waals surface area contributed by atoms with Crippen molar-refractivity contribution in [1.82, 2.24) is 24.3 Å². The van der Waals surface area contributed by atoms with Gasteiger partial charge in [0, 0.05) is 62.1 Å². The number of nitrogens with zero attached hydrogens (tertiary/aromatic N) is 6. The van der Waals surface area contributed by atoms with Crippen LogP contribution in [0.5, 0.6) is 0 Å². The van der Waals surface area contributed by atoms with Gasteiger partial charge in [0.05, 0.1) is 12.0 Å². The maximum absolute atomic E-state index is 15.0. The highest BCUT2D eigenvalue weighted by Gasteiger charge is 2.44. The van der Waals surface area contributed by atoms with Crippen LogP contribution in [0.2, 0.25) is 5.02 Å². The average molecular weight is 711 g/mol. The van der Waals surface area contributed by atoms with Crippen molar-refractivity contribution in [3.8, 4) is 0 Å². The zero-order valence-electron chi connectivity index (χ0n) is 29.3. The van der Waals surface area contributed by atoms with Gasteiger partial charge >= 0.3 is 6.09 Å². The van der Waals surface area contributed by atoms with E-state index in [1.54, 1.807) is 17.2 Å². The molecule has 1 saturated heterocycles. The summed E-state index contributed by atoms with van der Waals surface area (Å²) < 4.78 is 9.13. The van der Waals surface area contributed by atoms with Crippen LogP contribution in [0.1, 0.15) is 78.2 Å². The number of aryl methyl sites for hydroxylation is 4. The van der Waals surface area contributed by atoms with Gasteiger partial charge in [-0.2, -0.15) is 4.73 Å². The molecule has 11 heteroatoms. The highest BCUT2D eigenvalue weighted by molar-refractivity contribution is 6.30. The molecule has 2 fully saturated rings. The second kappa shape index (κ2) is 15.9. The van der Waals surface area contributed by atoms with Crippen molar-refractivity contribution >= 4 is 23.6 Å². The zero-order valence-corrected chi connectivity index (χ0v) is 30.1. The van der Waals surface area contributed by atoms with Gasteiger partial charge in [0.2, 0.25) is 11.6 Å². The normalized spacial score (nSPS) is 19.5. The maximum Gasteiger partial charge on any atom is 0.410 e. The second-order valence-corrected chi connectivity index (χ2v) is 14.6. The van der Waals surface area contributed by atoms with Crippen LogP contribution in [0.4, 0.5) is 4.79 Å². The molecule has 7 rings (SSSR count). The standard InChI is InChI=1S/C40H47ClN6O4/c1-29-25-43(28-42-29)19-9-20-45(26-30-10-4-2-5-11-30)39(48)36-27-44(22-23-46(36)40(49)51-34-13-6-3-7-14-34)38-35-18-17-33(41)24-32(35)16-15-31-12-8-21-47(50)37(31)38/h2,4-5,8,10-12,17-18,21,24-25,28,34,36,38H,3,6-7,9,13-16,19-20,22-23,26-27H2,1H3/t36-,38+/m1/s1. The number of hydrogen-bond acceptors (Lipinski definition) is 6. The number of imidazole rings is 1. The summed E-state index contributed by atoms with van der Waals surface area (Å²) in [6.45, 7) is 4.63. The minimum atomic E-state index is -0.805. The summed E-state index contributed by atoms with van der Waals surface area (Å²) in [5.41, 5.74) is 5.71. The molecule has 3 heterocycles. The molecule has 0 spiro atoms. The molecule has 51 heavy (non-hydrogen) atoms. The van der Waals surface area contributed by atoms with Crippen molar-refractivity contribution in [2.45, 2.75) is 89.6 Å². The topological polar surface area (TPSA) is 97.9 Å². The molecule has 2 amide bonds. The third kappa shape index (κ3) is 8.07. The first kappa shape index (κ1) is 35.0. The van der Waals surface area contributed by atoms with Gasteiger partial charge in [-0.3, -0.25) is 14.6 Å². The fourth-order valence-electron chi connectivity index (χ4n) is 8.08. The van der Waals surface area contributed by atoms with Gasteiger partial charge in [0.15, 0.2) is 6.20 Å². The lowest BCUT2D eigenvalue weighted by molar-refractivity contribution is -0.617. The maximum atomic E-state index is 15.0. The van der Waals surface area contributed by atoms with Crippen LogP contribution < -0.4 is 4.73 Å². The third-order valence-corrected chi connectivity index (χ3v) is 10.9. The molecule has 0 N–H and O–H groups in total. The van der Waals surface area contributed by atoms with Crippen molar-refractivity contribution in [1.29, 1.82) is 0 Å². The SMILES string of the molecule is Cc1cn(CCCN(Cc2ccccc2)C(=O)[C@H]2CN([C@H]3c4ccc(Cl)cc4CCc4ccc[n+]([O-])c43)CCN2C(=O)OC2CCCCC2)cn1. The van der Waals surface area contributed by atoms with E-state index >= 15 is 4.79 Å². The first-order valence-corrected chi connectivity index (χ1v) is 18.7. The fraction of sp³-hybridized carbons (Fsp3) is 0.450. The zero-order chi connectivity index (χ0) is 35.3. The van der Waals surface area contributed by atoms with E-state index < -0.39 is 18.2 Å². The predicted molar refractivity (Wildman–Crippen MR) is 195 cm³/mol. The Morgan fingerprint density at radius 2 is 1.82 bits per heavy atom. The second-order valence-electron chi connectivity index (χ2n) is 14.2. The Morgan fingerprint density at radius 1 is 1.02 bits per heavy atom. The molecule has 0 unspecified atom stereocenters. The van der Waals surface area contributed by atoms with Crippen molar-refractivity contribution in [3.05, 3.63) is 123 Å². The van der Waals surface area contributed by atoms with Crippen molar-refractivity contribution < 1.29 is 19.1 Å². The number of amides is 2. The fourth-order valence-corrected chi connectivity index (χ4v) is 8.27. The van der Waals surface area contributed by atoms with Gasteiger partial charge in [-0.05, 0) is 86.8 Å². The van der Waals surface area contributed by atoms with Gasteiger partial charge in [0.1, 0.15) is 18.2 Å². The van der Waals surface area contributed by atoms with Gasteiger partial charge in [-0.15, -0.1) is 0 Å². The lowest BCUT2D eigenvalue weighted by atomic mass is 9.95. The first-order chi connectivity index (χ1) is 24.8. The number of fused-ring (bicyclic) bond motifs is 2. The highest BCUT2D eigenvalue weighted by Crippen LogP contribution is 2.38. The van der Waals surface area contributed by atoms with E-state index in [2.05, 4.69) is 9.88 Å². The molecule has 2 atom stereocenters. The Morgan fingerprint density at radius 3 is 2.61 bits per heavy atom. The van der Waals surface area contributed by atoms with Crippen molar-refractivity contribution in [2.75, 3.05) is 26.2 Å². The molecule has 0 radical (unpaired) electrons. The summed E-state index contributed by atoms with van der Waals surface area (Å²) in [4.78, 5) is 39.1. The molecule has 1 saturated carbocycles. The van der Waals surface area contributed by atoms with Crippen LogP contribution in [0.3, 0.4) is 0 Å². The summed E-state index contributed by atoms with van der Waals surface area (Å²) in [7, 11) is 0. The van der Waals surface area contributed by atoms with E-state index in [0.717, 1.165) is 77.6 Å². The Bertz CT molecular complexity index is 1830. The molecule has 268 valence electrons. The molecule has 10 nitrogen and oxygen atoms in total. The number of benzene rings is 2. The summed E-state index contributed by atoms with van der Waals surface area (Å²) in [5, 5.41) is 14.3. The largest absolute Gasteiger partial charge is 0.618 e. The quantitative estimate of drug-likeness (QED) is 0.151. The molecular formula is C40H47ClN6O4. The van der Waals surface area contributed by atoms with Gasteiger partial charge in [0.25, 0.3) is 0 Å². The molecule has 2 aromatic heterocycles. The molecule has 1 aliphatic heterocycles. The lowest BCUT2D eigenvalue weighted by Crippen LogP contribution is -2.62. The summed E-state index contributed by atoms with van der Waals surface area (Å²) in [6, 6.07) is 18.5. The van der Waals surface area contributed by atoms with Crippen LogP contribution >= 0.6 is 11.6 Å². The van der Waals surface area contributed by atoms with Crippen molar-refractivity contribution in [2.24, 2.45) is 0 Å². The van der Waals surface area contributed by atoms with Crippen LogP contribution in [-0.2, 0) is 35.5 Å². The van der Waals surface area contributed by atoms with E-state index in [-0.39, 0.29) is 18.6 Å². The number of piperazine rings is 1. The van der Waals surface area contributed by atoms with E-state index in [1.807, 2.05) is 83.5 Å². The van der Waals surface area contributed by atoms with E-state index in [9.17, 15) is 10.0 Å². The Labute approximate surface area is 305 Å². The number of ether oxygens (including phenoxy) is 1. The number of hydrogen-bond donors (Lipinski definition) is 0. The van der Waals surface area contributed by atoms with Crippen LogP contribution in [0.25, 0.3) is 0 Å². The summed E-state index contributed by atoms with van der Waals surface area (Å²) in [5.74, 6) is -0.126. The summed E-state index contributed by atoms with van der Waals surface area (Å²) >= 11 is 6.49. The molecule has 2 aliphatic carbocycles. The minimum Gasteiger partial charge on any atom is -0.618 e. The number of pyridine rings is 1. The monoisotopic (exact) mass is 710 g/mol. The number of halogens is 1. The number of carbonyl (C=O) groups is 2. The molecule has 2 aromatic carbocycles. The highest BCUT2D eigenvalue weighted by atomic mass is 35.5. The Kier molecular flexibility index (Phi) is 10.9. The smallest absolute Gasteiger partial charge is 0.410 e. The number of carbonyl (C=O) groups excluding carboxylic acids is 2. The van der Waals surface area contributed by atoms with Crippen LogP contribution in [0.15, 0.2) is 79.4 Å². The van der Waals surface area contributed by atoms with E-state index in [4.69, 9.17) is 16.3 Å². The molecule has 0 bridgehead atoms. The average Bonchev–Trinajstić information content (AvgIpc) is 3.48. The molecule has 4 aromatic rings. The number of rotatable bonds is 9. The van der Waals surface area contributed by atoms with Crippen molar-refractivity contribution in [3.63, 3.8) is 0 Å².